The van der Waals surface area contributed by atoms with Gasteiger partial charge in [-0.05, 0) is 41.1 Å². The van der Waals surface area contributed by atoms with Crippen molar-refractivity contribution in [1.29, 1.82) is 0 Å². The highest BCUT2D eigenvalue weighted by atomic mass is 79.9. The minimum Gasteiger partial charge on any atom is -0.319 e. The van der Waals surface area contributed by atoms with Crippen molar-refractivity contribution in [2.75, 3.05) is 0 Å². The maximum Gasteiger partial charge on any atom is 0.142 e. The summed E-state index contributed by atoms with van der Waals surface area (Å²) in [5.41, 5.74) is 8.01. The van der Waals surface area contributed by atoms with Crippen LogP contribution in [0.5, 0.6) is 0 Å². The molecule has 0 bridgehead atoms. The zero-order chi connectivity index (χ0) is 12.4. The molecule has 1 heterocycles. The number of aromatic nitrogens is 1. The molecular formula is C13H12BrFN2. The zero-order valence-electron chi connectivity index (χ0n) is 9.32. The number of benzene rings is 1. The Morgan fingerprint density at radius 3 is 2.65 bits per heavy atom. The molecule has 1 atom stereocenters. The van der Waals surface area contributed by atoms with Gasteiger partial charge in [-0.25, -0.2) is 4.39 Å². The number of hydrogen-bond donors (Lipinski definition) is 1. The molecule has 0 saturated carbocycles. The Labute approximate surface area is 108 Å². The van der Waals surface area contributed by atoms with Gasteiger partial charge in [-0.1, -0.05) is 18.2 Å². The fourth-order valence-corrected chi connectivity index (χ4v) is 2.04. The number of rotatable bonds is 2. The first-order valence-electron chi connectivity index (χ1n) is 5.22. The van der Waals surface area contributed by atoms with E-state index in [9.17, 15) is 4.39 Å². The van der Waals surface area contributed by atoms with E-state index in [1.807, 2.05) is 19.1 Å². The van der Waals surface area contributed by atoms with Crippen LogP contribution >= 0.6 is 15.9 Å². The van der Waals surface area contributed by atoms with Crippen molar-refractivity contribution in [2.45, 2.75) is 13.0 Å². The van der Waals surface area contributed by atoms with Crippen molar-refractivity contribution >= 4 is 15.9 Å². The normalized spacial score (nSPS) is 12.5. The molecule has 0 fully saturated rings. The van der Waals surface area contributed by atoms with Gasteiger partial charge in [-0.15, -0.1) is 0 Å². The summed E-state index contributed by atoms with van der Waals surface area (Å²) in [6, 6.07) is 10.1. The first-order valence-corrected chi connectivity index (χ1v) is 6.02. The summed E-state index contributed by atoms with van der Waals surface area (Å²) < 4.78 is 14.3. The molecular weight excluding hydrogens is 283 g/mol. The monoisotopic (exact) mass is 294 g/mol. The topological polar surface area (TPSA) is 38.9 Å². The SMILES string of the molecule is Cc1cccc(C(N)c2cccc(Br)c2F)n1. The third-order valence-corrected chi connectivity index (χ3v) is 3.16. The van der Waals surface area contributed by atoms with Crippen molar-refractivity contribution in [3.63, 3.8) is 0 Å². The highest BCUT2D eigenvalue weighted by molar-refractivity contribution is 9.10. The molecule has 1 aromatic carbocycles. The van der Waals surface area contributed by atoms with E-state index in [2.05, 4.69) is 20.9 Å². The predicted octanol–water partition coefficient (Wildman–Crippen LogP) is 3.34. The molecule has 0 amide bonds. The molecule has 88 valence electrons. The molecule has 0 spiro atoms. The van der Waals surface area contributed by atoms with E-state index < -0.39 is 6.04 Å². The first-order chi connectivity index (χ1) is 8.09. The molecule has 0 radical (unpaired) electrons. The third-order valence-electron chi connectivity index (χ3n) is 2.55. The molecule has 0 aliphatic carbocycles. The van der Waals surface area contributed by atoms with E-state index >= 15 is 0 Å². The lowest BCUT2D eigenvalue weighted by atomic mass is 10.0. The maximum atomic E-state index is 13.9. The van der Waals surface area contributed by atoms with Crippen molar-refractivity contribution < 1.29 is 4.39 Å². The second-order valence-corrected chi connectivity index (χ2v) is 4.68. The average Bonchev–Trinajstić information content (AvgIpc) is 2.32. The van der Waals surface area contributed by atoms with Gasteiger partial charge < -0.3 is 5.73 Å². The van der Waals surface area contributed by atoms with Crippen molar-refractivity contribution in [2.24, 2.45) is 5.73 Å². The molecule has 2 rings (SSSR count). The fourth-order valence-electron chi connectivity index (χ4n) is 1.66. The van der Waals surface area contributed by atoms with Crippen LogP contribution in [0.25, 0.3) is 0 Å². The molecule has 2 nitrogen and oxygen atoms in total. The zero-order valence-corrected chi connectivity index (χ0v) is 10.9. The van der Waals surface area contributed by atoms with E-state index in [0.717, 1.165) is 5.69 Å². The maximum absolute atomic E-state index is 13.9. The van der Waals surface area contributed by atoms with Gasteiger partial charge in [0.15, 0.2) is 0 Å². The van der Waals surface area contributed by atoms with Gasteiger partial charge in [0.2, 0.25) is 0 Å². The number of nitrogens with zero attached hydrogens (tertiary/aromatic N) is 1. The standard InChI is InChI=1S/C13H12BrFN2/c1-8-4-2-7-11(17-8)13(16)9-5-3-6-10(14)12(9)15/h2-7,13H,16H2,1H3. The smallest absolute Gasteiger partial charge is 0.142 e. The quantitative estimate of drug-likeness (QED) is 0.923. The molecule has 1 aromatic heterocycles. The lowest BCUT2D eigenvalue weighted by Crippen LogP contribution is -2.15. The number of halogens is 2. The summed E-state index contributed by atoms with van der Waals surface area (Å²) >= 11 is 3.15. The van der Waals surface area contributed by atoms with Crippen LogP contribution < -0.4 is 5.73 Å². The lowest BCUT2D eigenvalue weighted by Gasteiger charge is -2.13. The van der Waals surface area contributed by atoms with E-state index in [0.29, 0.717) is 15.7 Å². The molecule has 2 N–H and O–H groups in total. The van der Waals surface area contributed by atoms with Crippen LogP contribution in [0, 0.1) is 12.7 Å². The first kappa shape index (κ1) is 12.2. The van der Waals surface area contributed by atoms with Crippen molar-refractivity contribution in [3.05, 3.63) is 63.6 Å². The number of nitrogens with two attached hydrogens (primary N) is 1. The van der Waals surface area contributed by atoms with Gasteiger partial charge in [0.25, 0.3) is 0 Å². The minimum absolute atomic E-state index is 0.330. The van der Waals surface area contributed by atoms with E-state index in [4.69, 9.17) is 5.73 Å². The second-order valence-electron chi connectivity index (χ2n) is 3.82. The van der Waals surface area contributed by atoms with Gasteiger partial charge in [0.05, 0.1) is 16.2 Å². The summed E-state index contributed by atoms with van der Waals surface area (Å²) in [4.78, 5) is 4.31. The lowest BCUT2D eigenvalue weighted by molar-refractivity contribution is 0.590. The number of hydrogen-bond acceptors (Lipinski definition) is 2. The van der Waals surface area contributed by atoms with Crippen molar-refractivity contribution in [3.8, 4) is 0 Å². The van der Waals surface area contributed by atoms with Gasteiger partial charge in [-0.2, -0.15) is 0 Å². The second kappa shape index (κ2) is 4.94. The molecule has 0 saturated heterocycles. The van der Waals surface area contributed by atoms with Crippen LogP contribution in [0.2, 0.25) is 0 Å². The van der Waals surface area contributed by atoms with Gasteiger partial charge >= 0.3 is 0 Å². The Morgan fingerprint density at radius 1 is 1.24 bits per heavy atom. The van der Waals surface area contributed by atoms with E-state index in [-0.39, 0.29) is 5.82 Å². The van der Waals surface area contributed by atoms with Crippen LogP contribution in [-0.4, -0.2) is 4.98 Å². The summed E-state index contributed by atoms with van der Waals surface area (Å²) in [6.07, 6.45) is 0. The Balaban J connectivity index is 2.44. The summed E-state index contributed by atoms with van der Waals surface area (Å²) in [5.74, 6) is -0.330. The van der Waals surface area contributed by atoms with Crippen molar-refractivity contribution in [1.82, 2.24) is 4.98 Å². The Bertz CT molecular complexity index is 543. The highest BCUT2D eigenvalue weighted by Crippen LogP contribution is 2.25. The van der Waals surface area contributed by atoms with E-state index in [1.165, 1.54) is 0 Å². The highest BCUT2D eigenvalue weighted by Gasteiger charge is 2.16. The Hall–Kier alpha value is -1.26. The van der Waals surface area contributed by atoms with Crippen LogP contribution in [0.3, 0.4) is 0 Å². The molecule has 4 heteroatoms. The molecule has 0 aliphatic rings. The van der Waals surface area contributed by atoms with Gasteiger partial charge in [0.1, 0.15) is 5.82 Å². The van der Waals surface area contributed by atoms with Crippen LogP contribution in [0.4, 0.5) is 4.39 Å². The molecule has 0 aliphatic heterocycles. The van der Waals surface area contributed by atoms with Crippen LogP contribution in [0.15, 0.2) is 40.9 Å². The fraction of sp³-hybridized carbons (Fsp3) is 0.154. The average molecular weight is 295 g/mol. The Kier molecular flexibility index (Phi) is 3.54. The summed E-state index contributed by atoms with van der Waals surface area (Å²) in [6.45, 7) is 1.88. The van der Waals surface area contributed by atoms with E-state index in [1.54, 1.807) is 24.3 Å². The van der Waals surface area contributed by atoms with Gasteiger partial charge in [-0.3, -0.25) is 4.98 Å². The number of pyridine rings is 1. The van der Waals surface area contributed by atoms with Gasteiger partial charge in [0, 0.05) is 11.3 Å². The minimum atomic E-state index is -0.549. The van der Waals surface area contributed by atoms with Crippen LogP contribution in [0.1, 0.15) is 23.0 Å². The predicted molar refractivity (Wildman–Crippen MR) is 69.1 cm³/mol. The summed E-state index contributed by atoms with van der Waals surface area (Å²) in [7, 11) is 0. The summed E-state index contributed by atoms with van der Waals surface area (Å²) in [5, 5.41) is 0. The molecule has 2 aromatic rings. The largest absolute Gasteiger partial charge is 0.319 e. The third kappa shape index (κ3) is 2.53. The Morgan fingerprint density at radius 2 is 1.94 bits per heavy atom. The molecule has 1 unspecified atom stereocenters. The molecule has 17 heavy (non-hydrogen) atoms. The van der Waals surface area contributed by atoms with Crippen LogP contribution in [-0.2, 0) is 0 Å². The number of aryl methyl sites for hydroxylation is 1.